The summed E-state index contributed by atoms with van der Waals surface area (Å²) in [5.41, 5.74) is 3.52. The van der Waals surface area contributed by atoms with Crippen molar-refractivity contribution in [3.05, 3.63) is 53.1 Å². The van der Waals surface area contributed by atoms with E-state index in [1.165, 1.54) is 0 Å². The quantitative estimate of drug-likeness (QED) is 0.891. The van der Waals surface area contributed by atoms with Crippen LogP contribution in [0.1, 0.15) is 12.0 Å². The first-order valence-electron chi connectivity index (χ1n) is 8.50. The van der Waals surface area contributed by atoms with Gasteiger partial charge in [-0.25, -0.2) is 0 Å². The van der Waals surface area contributed by atoms with Gasteiger partial charge in [-0.1, -0.05) is 17.7 Å². The Morgan fingerprint density at radius 2 is 1.88 bits per heavy atom. The SMILES string of the molecule is Cc1ccc(Cl)cc1N1CC(C(=O)Nc2ccc(N(C)C)cc2)CC1=O. The Hall–Kier alpha value is -2.53. The van der Waals surface area contributed by atoms with E-state index in [-0.39, 0.29) is 24.2 Å². The van der Waals surface area contributed by atoms with Crippen molar-refractivity contribution in [3.8, 4) is 0 Å². The summed E-state index contributed by atoms with van der Waals surface area (Å²) >= 11 is 6.06. The van der Waals surface area contributed by atoms with Gasteiger partial charge >= 0.3 is 0 Å². The number of nitrogens with one attached hydrogen (secondary N) is 1. The van der Waals surface area contributed by atoms with Crippen molar-refractivity contribution in [2.45, 2.75) is 13.3 Å². The van der Waals surface area contributed by atoms with Gasteiger partial charge in [-0.05, 0) is 48.9 Å². The number of carbonyl (C=O) groups is 2. The van der Waals surface area contributed by atoms with E-state index in [1.807, 2.05) is 56.3 Å². The molecule has 0 saturated carbocycles. The molecule has 0 radical (unpaired) electrons. The van der Waals surface area contributed by atoms with Crippen molar-refractivity contribution in [1.29, 1.82) is 0 Å². The Bertz CT molecular complexity index is 833. The number of benzene rings is 2. The van der Waals surface area contributed by atoms with E-state index in [9.17, 15) is 9.59 Å². The van der Waals surface area contributed by atoms with Crippen LogP contribution in [0.4, 0.5) is 17.1 Å². The van der Waals surface area contributed by atoms with Gasteiger partial charge in [-0.2, -0.15) is 0 Å². The lowest BCUT2D eigenvalue weighted by Crippen LogP contribution is -2.28. The van der Waals surface area contributed by atoms with E-state index in [1.54, 1.807) is 17.0 Å². The molecule has 3 rings (SSSR count). The zero-order chi connectivity index (χ0) is 18.8. The first-order chi connectivity index (χ1) is 12.3. The molecule has 0 spiro atoms. The summed E-state index contributed by atoms with van der Waals surface area (Å²) in [7, 11) is 3.92. The molecule has 1 fully saturated rings. The largest absolute Gasteiger partial charge is 0.378 e. The van der Waals surface area contributed by atoms with Gasteiger partial charge in [0.05, 0.1) is 5.92 Å². The van der Waals surface area contributed by atoms with Gasteiger partial charge in [0.2, 0.25) is 11.8 Å². The summed E-state index contributed by atoms with van der Waals surface area (Å²) in [5, 5.41) is 3.48. The molecule has 26 heavy (non-hydrogen) atoms. The van der Waals surface area contributed by atoms with Crippen molar-refractivity contribution in [2.24, 2.45) is 5.92 Å². The first-order valence-corrected chi connectivity index (χ1v) is 8.87. The number of halogens is 1. The number of rotatable bonds is 4. The van der Waals surface area contributed by atoms with Crippen LogP contribution in [0.5, 0.6) is 0 Å². The standard InChI is InChI=1S/C20H22ClN3O2/c1-13-4-5-15(21)11-18(13)24-12-14(10-19(24)25)20(26)22-16-6-8-17(9-7-16)23(2)3/h4-9,11,14H,10,12H2,1-3H3,(H,22,26). The monoisotopic (exact) mass is 371 g/mol. The van der Waals surface area contributed by atoms with E-state index in [0.29, 0.717) is 11.6 Å². The molecule has 1 unspecified atom stereocenters. The number of hydrogen-bond acceptors (Lipinski definition) is 3. The highest BCUT2D eigenvalue weighted by Gasteiger charge is 2.35. The topological polar surface area (TPSA) is 52.7 Å². The number of hydrogen-bond donors (Lipinski definition) is 1. The molecule has 0 aliphatic carbocycles. The minimum absolute atomic E-state index is 0.0570. The van der Waals surface area contributed by atoms with E-state index < -0.39 is 0 Å². The van der Waals surface area contributed by atoms with Crippen LogP contribution in [-0.2, 0) is 9.59 Å². The molecule has 1 atom stereocenters. The predicted molar refractivity (Wildman–Crippen MR) is 106 cm³/mol. The van der Waals surface area contributed by atoms with Gasteiger partial charge in [-0.15, -0.1) is 0 Å². The fourth-order valence-electron chi connectivity index (χ4n) is 3.08. The van der Waals surface area contributed by atoms with Crippen LogP contribution >= 0.6 is 11.6 Å². The van der Waals surface area contributed by atoms with Crippen LogP contribution in [0, 0.1) is 12.8 Å². The molecule has 2 amide bonds. The van der Waals surface area contributed by atoms with E-state index in [2.05, 4.69) is 5.32 Å². The third kappa shape index (κ3) is 3.83. The number of anilines is 3. The van der Waals surface area contributed by atoms with Crippen LogP contribution < -0.4 is 15.1 Å². The highest BCUT2D eigenvalue weighted by Crippen LogP contribution is 2.30. The van der Waals surface area contributed by atoms with Gasteiger partial charge in [0.1, 0.15) is 0 Å². The molecule has 2 aromatic rings. The Balaban J connectivity index is 1.70. The van der Waals surface area contributed by atoms with E-state index in [4.69, 9.17) is 11.6 Å². The second kappa shape index (κ2) is 7.38. The van der Waals surface area contributed by atoms with Crippen molar-refractivity contribution < 1.29 is 9.59 Å². The normalized spacial score (nSPS) is 16.7. The Morgan fingerprint density at radius 1 is 1.19 bits per heavy atom. The van der Waals surface area contributed by atoms with E-state index in [0.717, 1.165) is 22.6 Å². The number of amides is 2. The van der Waals surface area contributed by atoms with Gasteiger partial charge < -0.3 is 15.1 Å². The second-order valence-corrected chi connectivity index (χ2v) is 7.20. The van der Waals surface area contributed by atoms with Crippen LogP contribution in [0.3, 0.4) is 0 Å². The van der Waals surface area contributed by atoms with Gasteiger partial charge in [-0.3, -0.25) is 9.59 Å². The summed E-state index contributed by atoms with van der Waals surface area (Å²) in [6.45, 7) is 2.29. The molecule has 1 saturated heterocycles. The van der Waals surface area contributed by atoms with Gasteiger partial charge in [0, 0.05) is 49.1 Å². The molecular formula is C20H22ClN3O2. The Labute approximate surface area is 158 Å². The lowest BCUT2D eigenvalue weighted by molar-refractivity contribution is -0.122. The summed E-state index contributed by atoms with van der Waals surface area (Å²) in [6, 6.07) is 13.1. The molecule has 1 aliphatic heterocycles. The van der Waals surface area contributed by atoms with Crippen LogP contribution in [0.2, 0.25) is 5.02 Å². The molecule has 136 valence electrons. The molecule has 0 bridgehead atoms. The van der Waals surface area contributed by atoms with Crippen LogP contribution in [-0.4, -0.2) is 32.5 Å². The number of nitrogens with zero attached hydrogens (tertiary/aromatic N) is 2. The summed E-state index contributed by atoms with van der Waals surface area (Å²) in [6.07, 6.45) is 0.202. The molecule has 5 nitrogen and oxygen atoms in total. The minimum Gasteiger partial charge on any atom is -0.378 e. The molecule has 2 aromatic carbocycles. The third-order valence-corrected chi connectivity index (χ3v) is 4.84. The summed E-state index contributed by atoms with van der Waals surface area (Å²) in [5.74, 6) is -0.578. The number of aryl methyl sites for hydroxylation is 1. The summed E-state index contributed by atoms with van der Waals surface area (Å²) < 4.78 is 0. The Morgan fingerprint density at radius 3 is 2.54 bits per heavy atom. The average Bonchev–Trinajstić information content (AvgIpc) is 2.99. The van der Waals surface area contributed by atoms with Crippen molar-refractivity contribution in [3.63, 3.8) is 0 Å². The van der Waals surface area contributed by atoms with Crippen LogP contribution in [0.25, 0.3) is 0 Å². The fraction of sp³-hybridized carbons (Fsp3) is 0.300. The third-order valence-electron chi connectivity index (χ3n) is 4.61. The molecule has 0 aromatic heterocycles. The molecule has 6 heteroatoms. The van der Waals surface area contributed by atoms with Crippen molar-refractivity contribution >= 4 is 40.5 Å². The van der Waals surface area contributed by atoms with Crippen LogP contribution in [0.15, 0.2) is 42.5 Å². The highest BCUT2D eigenvalue weighted by atomic mass is 35.5. The zero-order valence-corrected chi connectivity index (χ0v) is 15.9. The molecular weight excluding hydrogens is 350 g/mol. The zero-order valence-electron chi connectivity index (χ0n) is 15.1. The van der Waals surface area contributed by atoms with Gasteiger partial charge in [0.15, 0.2) is 0 Å². The molecule has 1 aliphatic rings. The van der Waals surface area contributed by atoms with Crippen molar-refractivity contribution in [1.82, 2.24) is 0 Å². The van der Waals surface area contributed by atoms with Gasteiger partial charge in [0.25, 0.3) is 0 Å². The molecule has 1 heterocycles. The highest BCUT2D eigenvalue weighted by molar-refractivity contribution is 6.31. The minimum atomic E-state index is -0.380. The fourth-order valence-corrected chi connectivity index (χ4v) is 3.24. The number of carbonyl (C=O) groups excluding carboxylic acids is 2. The van der Waals surface area contributed by atoms with E-state index >= 15 is 0 Å². The lowest BCUT2D eigenvalue weighted by atomic mass is 10.1. The lowest BCUT2D eigenvalue weighted by Gasteiger charge is -2.19. The molecule has 1 N–H and O–H groups in total. The summed E-state index contributed by atoms with van der Waals surface area (Å²) in [4.78, 5) is 28.6. The predicted octanol–water partition coefficient (Wildman–Crippen LogP) is 3.71. The Kier molecular flexibility index (Phi) is 5.18. The maximum atomic E-state index is 12.6. The van der Waals surface area contributed by atoms with Crippen molar-refractivity contribution in [2.75, 3.05) is 35.8 Å². The average molecular weight is 372 g/mol. The first kappa shape index (κ1) is 18.3. The smallest absolute Gasteiger partial charge is 0.229 e. The maximum absolute atomic E-state index is 12.6. The maximum Gasteiger partial charge on any atom is 0.229 e. The second-order valence-electron chi connectivity index (χ2n) is 6.77.